The van der Waals surface area contributed by atoms with Crippen molar-refractivity contribution in [1.29, 1.82) is 0 Å². The van der Waals surface area contributed by atoms with E-state index < -0.39 is 17.6 Å². The van der Waals surface area contributed by atoms with Gasteiger partial charge in [0.2, 0.25) is 5.95 Å². The van der Waals surface area contributed by atoms with Crippen LogP contribution in [-0.4, -0.2) is 33.4 Å². The second kappa shape index (κ2) is 11.4. The molecule has 1 fully saturated rings. The number of halogens is 3. The number of nitrogens with one attached hydrogen (secondary N) is 3. The van der Waals surface area contributed by atoms with E-state index in [0.717, 1.165) is 51.7 Å². The first-order chi connectivity index (χ1) is 20.6. The Kier molecular flexibility index (Phi) is 7.47. The molecule has 0 spiro atoms. The molecular weight excluding hydrogens is 555 g/mol. The lowest BCUT2D eigenvalue weighted by Crippen LogP contribution is -2.32. The number of hydrogen-bond acceptors (Lipinski definition) is 7. The molecule has 1 amide bonds. The molecule has 220 valence electrons. The predicted molar refractivity (Wildman–Crippen MR) is 160 cm³/mol. The summed E-state index contributed by atoms with van der Waals surface area (Å²) >= 11 is 0. The van der Waals surface area contributed by atoms with Crippen LogP contribution < -0.4 is 20.9 Å². The molecule has 0 bridgehead atoms. The summed E-state index contributed by atoms with van der Waals surface area (Å²) < 4.78 is 39.3. The van der Waals surface area contributed by atoms with Gasteiger partial charge in [-0.3, -0.25) is 9.78 Å². The molecule has 0 unspecified atom stereocenters. The van der Waals surface area contributed by atoms with Crippen molar-refractivity contribution >= 4 is 34.6 Å². The van der Waals surface area contributed by atoms with Gasteiger partial charge in [0.25, 0.3) is 5.91 Å². The Morgan fingerprint density at radius 3 is 2.58 bits per heavy atom. The van der Waals surface area contributed by atoms with Gasteiger partial charge < -0.3 is 20.9 Å². The first-order valence-electron chi connectivity index (χ1n) is 14.0. The van der Waals surface area contributed by atoms with E-state index >= 15 is 0 Å². The molecule has 3 N–H and O–H groups in total. The Morgan fingerprint density at radius 2 is 1.84 bits per heavy atom. The summed E-state index contributed by atoms with van der Waals surface area (Å²) in [5, 5.41) is 9.32. The van der Waals surface area contributed by atoms with E-state index in [1.165, 1.54) is 25.0 Å². The highest BCUT2D eigenvalue weighted by atomic mass is 19.4. The minimum Gasteiger partial charge on any atom is -0.381 e. The fourth-order valence-electron chi connectivity index (χ4n) is 4.97. The fraction of sp³-hybridized carbons (Fsp3) is 0.250. The van der Waals surface area contributed by atoms with Crippen molar-refractivity contribution < 1.29 is 18.0 Å². The summed E-state index contributed by atoms with van der Waals surface area (Å²) in [5.41, 5.74) is 5.84. The molecule has 0 atom stereocenters. The summed E-state index contributed by atoms with van der Waals surface area (Å²) in [4.78, 5) is 28.7. The van der Waals surface area contributed by atoms with Gasteiger partial charge in [0.1, 0.15) is 0 Å². The van der Waals surface area contributed by atoms with Crippen molar-refractivity contribution in [3.05, 3.63) is 107 Å². The molecule has 0 radical (unpaired) electrons. The number of anilines is 4. The predicted octanol–water partition coefficient (Wildman–Crippen LogP) is 6.48. The summed E-state index contributed by atoms with van der Waals surface area (Å²) in [6.07, 6.45) is 2.06. The van der Waals surface area contributed by atoms with Crippen LogP contribution in [0.25, 0.3) is 5.70 Å². The van der Waals surface area contributed by atoms with Crippen LogP contribution in [0.1, 0.15) is 51.3 Å². The van der Waals surface area contributed by atoms with Gasteiger partial charge in [-0.1, -0.05) is 18.7 Å². The van der Waals surface area contributed by atoms with Crippen LogP contribution in [0.4, 0.5) is 36.2 Å². The smallest absolute Gasteiger partial charge is 0.381 e. The summed E-state index contributed by atoms with van der Waals surface area (Å²) in [6.45, 7) is 7.31. The van der Waals surface area contributed by atoms with Gasteiger partial charge >= 0.3 is 6.18 Å². The topological polar surface area (TPSA) is 95.1 Å². The second-order valence-electron chi connectivity index (χ2n) is 10.8. The molecule has 1 aliphatic carbocycles. The average Bonchev–Trinajstić information content (AvgIpc) is 3.82. The maximum Gasteiger partial charge on any atom is 0.416 e. The number of hydrogen-bond donors (Lipinski definition) is 3. The number of aryl methyl sites for hydroxylation is 1. The van der Waals surface area contributed by atoms with Gasteiger partial charge in [0.15, 0.2) is 0 Å². The van der Waals surface area contributed by atoms with Crippen LogP contribution >= 0.6 is 0 Å². The Morgan fingerprint density at radius 1 is 1.02 bits per heavy atom. The minimum atomic E-state index is -4.52. The zero-order valence-electron chi connectivity index (χ0n) is 23.5. The SMILES string of the molecule is C=C(NC1CC1)c1ccc(Nc2ncc3c(n2)CCN(c2cc(NC(=O)c4cccc(C(F)(F)F)c4)ccc2C)C3)cn1. The third-order valence-electron chi connectivity index (χ3n) is 7.48. The fourth-order valence-corrected chi connectivity index (χ4v) is 4.97. The van der Waals surface area contributed by atoms with Gasteiger partial charge in [-0.2, -0.15) is 13.2 Å². The van der Waals surface area contributed by atoms with Crippen LogP contribution in [0, 0.1) is 6.92 Å². The molecule has 6 rings (SSSR count). The van der Waals surface area contributed by atoms with Crippen LogP contribution in [0.2, 0.25) is 0 Å². The van der Waals surface area contributed by atoms with Crippen molar-refractivity contribution in [2.45, 2.75) is 44.9 Å². The lowest BCUT2D eigenvalue weighted by Gasteiger charge is -2.31. The maximum absolute atomic E-state index is 13.1. The minimum absolute atomic E-state index is 0.0619. The number of pyridine rings is 1. The molecule has 1 aliphatic heterocycles. The van der Waals surface area contributed by atoms with E-state index in [1.807, 2.05) is 37.4 Å². The van der Waals surface area contributed by atoms with Gasteiger partial charge in [-0.05, 0) is 67.8 Å². The van der Waals surface area contributed by atoms with Crippen molar-refractivity contribution in [3.63, 3.8) is 0 Å². The summed E-state index contributed by atoms with van der Waals surface area (Å²) in [7, 11) is 0. The van der Waals surface area contributed by atoms with E-state index in [-0.39, 0.29) is 5.56 Å². The lowest BCUT2D eigenvalue weighted by molar-refractivity contribution is -0.137. The number of carbonyl (C=O) groups is 1. The van der Waals surface area contributed by atoms with Gasteiger partial charge in [0, 0.05) is 54.3 Å². The highest BCUT2D eigenvalue weighted by molar-refractivity contribution is 6.04. The first kappa shape index (κ1) is 28.2. The summed E-state index contributed by atoms with van der Waals surface area (Å²) in [6, 6.07) is 14.2. The number of amides is 1. The standard InChI is InChI=1S/C32H30F3N7O/c1-19-6-7-25(39-30(43)21-4-3-5-23(14-21)32(33,34)35)15-29(19)42-13-12-28-22(18-42)16-37-31(41-28)40-26-10-11-27(36-17-26)20(2)38-24-8-9-24/h3-7,10-11,14-17,24,38H,2,8-9,12-13,18H2,1H3,(H,39,43)(H,37,40,41). The number of carbonyl (C=O) groups excluding carboxylic acids is 1. The van der Waals surface area contributed by atoms with E-state index in [9.17, 15) is 18.0 Å². The second-order valence-corrected chi connectivity index (χ2v) is 10.8. The number of fused-ring (bicyclic) bond motifs is 1. The normalized spacial score (nSPS) is 14.6. The Labute approximate surface area is 247 Å². The Hall–Kier alpha value is -4.93. The van der Waals surface area contributed by atoms with Crippen molar-refractivity contribution in [2.24, 2.45) is 0 Å². The van der Waals surface area contributed by atoms with E-state index in [0.29, 0.717) is 37.2 Å². The first-order valence-corrected chi connectivity index (χ1v) is 14.0. The van der Waals surface area contributed by atoms with Crippen molar-refractivity contribution in [3.8, 4) is 0 Å². The molecule has 4 aromatic rings. The average molecular weight is 586 g/mol. The Balaban J connectivity index is 1.11. The van der Waals surface area contributed by atoms with E-state index in [1.54, 1.807) is 12.3 Å². The van der Waals surface area contributed by atoms with E-state index in [2.05, 4.69) is 37.4 Å². The third-order valence-corrected chi connectivity index (χ3v) is 7.48. The number of alkyl halides is 3. The molecular formula is C32H30F3N7O. The molecule has 2 aliphatic rings. The number of rotatable bonds is 8. The molecule has 43 heavy (non-hydrogen) atoms. The number of nitrogens with zero attached hydrogens (tertiary/aromatic N) is 4. The van der Waals surface area contributed by atoms with E-state index in [4.69, 9.17) is 4.98 Å². The largest absolute Gasteiger partial charge is 0.416 e. The van der Waals surface area contributed by atoms with Gasteiger partial charge in [0.05, 0.1) is 34.5 Å². The van der Waals surface area contributed by atoms with Crippen molar-refractivity contribution in [2.75, 3.05) is 22.1 Å². The molecule has 11 heteroatoms. The monoisotopic (exact) mass is 585 g/mol. The maximum atomic E-state index is 13.1. The zero-order chi connectivity index (χ0) is 30.1. The third kappa shape index (κ3) is 6.61. The number of aromatic nitrogens is 3. The molecule has 0 saturated heterocycles. The molecule has 2 aromatic carbocycles. The lowest BCUT2D eigenvalue weighted by atomic mass is 10.0. The van der Waals surface area contributed by atoms with Crippen LogP contribution in [-0.2, 0) is 19.1 Å². The van der Waals surface area contributed by atoms with Crippen LogP contribution in [0.5, 0.6) is 0 Å². The highest BCUT2D eigenvalue weighted by Gasteiger charge is 2.31. The molecule has 2 aromatic heterocycles. The Bertz CT molecular complexity index is 1680. The van der Waals surface area contributed by atoms with Crippen molar-refractivity contribution in [1.82, 2.24) is 20.3 Å². The quantitative estimate of drug-likeness (QED) is 0.218. The number of benzene rings is 2. The van der Waals surface area contributed by atoms with Gasteiger partial charge in [-0.25, -0.2) is 9.97 Å². The molecule has 1 saturated carbocycles. The van der Waals surface area contributed by atoms with Crippen LogP contribution in [0.3, 0.4) is 0 Å². The molecule has 3 heterocycles. The van der Waals surface area contributed by atoms with Gasteiger partial charge in [-0.15, -0.1) is 0 Å². The molecule has 8 nitrogen and oxygen atoms in total. The van der Waals surface area contributed by atoms with Crippen LogP contribution in [0.15, 0.2) is 73.6 Å². The summed E-state index contributed by atoms with van der Waals surface area (Å²) in [5.74, 6) is -0.116. The zero-order valence-corrected chi connectivity index (χ0v) is 23.5. The highest BCUT2D eigenvalue weighted by Crippen LogP contribution is 2.32.